The van der Waals surface area contributed by atoms with Gasteiger partial charge in [0, 0.05) is 27.4 Å². The lowest BCUT2D eigenvalue weighted by Gasteiger charge is -2.43. The minimum atomic E-state index is -0.887. The van der Waals surface area contributed by atoms with Gasteiger partial charge in [0.15, 0.2) is 6.29 Å². The fourth-order valence-electron chi connectivity index (χ4n) is 2.30. The molecule has 0 aromatic heterocycles. The molecule has 0 aromatic carbocycles. The molecule has 0 amide bonds. The summed E-state index contributed by atoms with van der Waals surface area (Å²) in [5, 5.41) is 10.5. The number of ether oxygens (including phenoxy) is 6. The van der Waals surface area contributed by atoms with Gasteiger partial charge in [0.25, 0.3) is 0 Å². The monoisotopic (exact) mass is 323 g/mol. The van der Waals surface area contributed by atoms with Gasteiger partial charge in [-0.05, 0) is 19.9 Å². The maximum Gasteiger partial charge on any atom is 0.186 e. The van der Waals surface area contributed by atoms with Crippen molar-refractivity contribution in [1.29, 1.82) is 0 Å². The highest BCUT2D eigenvalue weighted by Gasteiger charge is 2.46. The molecule has 0 bridgehead atoms. The highest BCUT2D eigenvalue weighted by atomic mass is 16.7. The topological polar surface area (TPSA) is 102 Å². The number of aliphatic hydroxyl groups excluding tert-OH is 1. The molecule has 5 atom stereocenters. The first-order valence-corrected chi connectivity index (χ1v) is 7.55. The average Bonchev–Trinajstić information content (AvgIpc) is 2.53. The summed E-state index contributed by atoms with van der Waals surface area (Å²) in [7, 11) is 3.01. The molecule has 1 saturated heterocycles. The molecule has 0 radical (unpaired) electrons. The van der Waals surface area contributed by atoms with Gasteiger partial charge in [-0.3, -0.25) is 0 Å². The lowest BCUT2D eigenvalue weighted by Crippen LogP contribution is -2.60. The van der Waals surface area contributed by atoms with Gasteiger partial charge in [-0.25, -0.2) is 0 Å². The van der Waals surface area contributed by atoms with E-state index in [9.17, 15) is 5.11 Å². The summed E-state index contributed by atoms with van der Waals surface area (Å²) in [4.78, 5) is 0. The Morgan fingerprint density at radius 2 is 1.91 bits per heavy atom. The van der Waals surface area contributed by atoms with E-state index in [-0.39, 0.29) is 13.4 Å². The molecule has 1 rings (SSSR count). The van der Waals surface area contributed by atoms with Crippen molar-refractivity contribution < 1.29 is 33.5 Å². The number of rotatable bonds is 11. The van der Waals surface area contributed by atoms with Gasteiger partial charge in [-0.15, -0.1) is 0 Å². The molecule has 0 aromatic rings. The molecule has 1 heterocycles. The van der Waals surface area contributed by atoms with Crippen molar-refractivity contribution in [2.24, 2.45) is 5.73 Å². The van der Waals surface area contributed by atoms with E-state index in [2.05, 4.69) is 0 Å². The van der Waals surface area contributed by atoms with Crippen molar-refractivity contribution in [3.05, 3.63) is 0 Å². The normalized spacial score (nSPS) is 32.3. The predicted molar refractivity (Wildman–Crippen MR) is 78.3 cm³/mol. The first-order valence-electron chi connectivity index (χ1n) is 7.55. The van der Waals surface area contributed by atoms with Crippen LogP contribution in [0.1, 0.15) is 13.3 Å². The first kappa shape index (κ1) is 19.7. The van der Waals surface area contributed by atoms with Gasteiger partial charge in [0.05, 0.1) is 6.61 Å². The summed E-state index contributed by atoms with van der Waals surface area (Å²) >= 11 is 0. The fourth-order valence-corrected chi connectivity index (χ4v) is 2.30. The second-order valence-electron chi connectivity index (χ2n) is 4.93. The Kier molecular flexibility index (Phi) is 10.1. The van der Waals surface area contributed by atoms with Crippen LogP contribution >= 0.6 is 0 Å². The van der Waals surface area contributed by atoms with Crippen molar-refractivity contribution in [2.75, 3.05) is 47.4 Å². The van der Waals surface area contributed by atoms with Gasteiger partial charge >= 0.3 is 0 Å². The van der Waals surface area contributed by atoms with Crippen LogP contribution in [0.2, 0.25) is 0 Å². The molecule has 2 unspecified atom stereocenters. The van der Waals surface area contributed by atoms with Crippen molar-refractivity contribution in [3.63, 3.8) is 0 Å². The molecule has 3 N–H and O–H groups in total. The van der Waals surface area contributed by atoms with Crippen LogP contribution in [-0.4, -0.2) is 83.2 Å². The smallest absolute Gasteiger partial charge is 0.186 e. The zero-order valence-corrected chi connectivity index (χ0v) is 13.6. The maximum absolute atomic E-state index is 10.5. The summed E-state index contributed by atoms with van der Waals surface area (Å²) in [6.45, 7) is 3.78. The minimum absolute atomic E-state index is 0.164. The molecule has 1 aliphatic rings. The summed E-state index contributed by atoms with van der Waals surface area (Å²) < 4.78 is 32.5. The SMILES string of the molecule is CCOCOCC1O[C@H](OC)C(OCCCN)[C@@H](O)[C@@H]1OC. The van der Waals surface area contributed by atoms with Crippen LogP contribution in [0.3, 0.4) is 0 Å². The Hall–Kier alpha value is -0.320. The number of methoxy groups -OCH3 is 2. The third-order valence-electron chi connectivity index (χ3n) is 3.43. The molecule has 8 heteroatoms. The highest BCUT2D eigenvalue weighted by molar-refractivity contribution is 4.91. The van der Waals surface area contributed by atoms with Gasteiger partial charge in [0.1, 0.15) is 31.2 Å². The lowest BCUT2D eigenvalue weighted by atomic mass is 9.99. The number of nitrogens with two attached hydrogens (primary N) is 1. The molecular formula is C14H29NO7. The second kappa shape index (κ2) is 11.3. The van der Waals surface area contributed by atoms with Crippen LogP contribution in [0.5, 0.6) is 0 Å². The molecule has 8 nitrogen and oxygen atoms in total. The van der Waals surface area contributed by atoms with E-state index >= 15 is 0 Å². The van der Waals surface area contributed by atoms with Gasteiger partial charge in [-0.1, -0.05) is 0 Å². The van der Waals surface area contributed by atoms with Crippen LogP contribution < -0.4 is 5.73 Å². The molecule has 22 heavy (non-hydrogen) atoms. The second-order valence-corrected chi connectivity index (χ2v) is 4.93. The van der Waals surface area contributed by atoms with Crippen molar-refractivity contribution in [2.45, 2.75) is 44.1 Å². The number of hydrogen-bond donors (Lipinski definition) is 2. The van der Waals surface area contributed by atoms with Crippen LogP contribution in [-0.2, 0) is 28.4 Å². The van der Waals surface area contributed by atoms with E-state index in [0.29, 0.717) is 26.2 Å². The van der Waals surface area contributed by atoms with Crippen LogP contribution in [0.15, 0.2) is 0 Å². The molecule has 1 fully saturated rings. The molecule has 0 spiro atoms. The van der Waals surface area contributed by atoms with Gasteiger partial charge in [-0.2, -0.15) is 0 Å². The van der Waals surface area contributed by atoms with E-state index in [4.69, 9.17) is 34.2 Å². The molecule has 1 aliphatic heterocycles. The molecule has 0 saturated carbocycles. The number of hydrogen-bond acceptors (Lipinski definition) is 8. The Morgan fingerprint density at radius 3 is 2.50 bits per heavy atom. The number of aliphatic hydroxyl groups is 1. The van der Waals surface area contributed by atoms with E-state index in [0.717, 1.165) is 0 Å². The van der Waals surface area contributed by atoms with Gasteiger partial charge in [0.2, 0.25) is 0 Å². The van der Waals surface area contributed by atoms with Crippen LogP contribution in [0.25, 0.3) is 0 Å². The van der Waals surface area contributed by atoms with E-state index in [1.807, 2.05) is 6.92 Å². The average molecular weight is 323 g/mol. The van der Waals surface area contributed by atoms with Crippen molar-refractivity contribution >= 4 is 0 Å². The quantitative estimate of drug-likeness (QED) is 0.387. The maximum atomic E-state index is 10.5. The predicted octanol–water partition coefficient (Wildman–Crippen LogP) is -0.522. The lowest BCUT2D eigenvalue weighted by molar-refractivity contribution is -0.310. The summed E-state index contributed by atoms with van der Waals surface area (Å²) in [6.07, 6.45) is -2.57. The van der Waals surface area contributed by atoms with E-state index < -0.39 is 30.7 Å². The zero-order valence-electron chi connectivity index (χ0n) is 13.6. The Bertz CT molecular complexity index is 280. The van der Waals surface area contributed by atoms with Gasteiger partial charge < -0.3 is 39.3 Å². The first-order chi connectivity index (χ1) is 10.7. The summed E-state index contributed by atoms with van der Waals surface area (Å²) in [5.41, 5.74) is 5.44. The minimum Gasteiger partial charge on any atom is -0.387 e. The van der Waals surface area contributed by atoms with Crippen LogP contribution in [0.4, 0.5) is 0 Å². The summed E-state index contributed by atoms with van der Waals surface area (Å²) in [6, 6.07) is 0. The molecule has 0 aliphatic carbocycles. The Labute approximate surface area is 131 Å². The molecular weight excluding hydrogens is 294 g/mol. The third-order valence-corrected chi connectivity index (χ3v) is 3.43. The fraction of sp³-hybridized carbons (Fsp3) is 1.00. The van der Waals surface area contributed by atoms with E-state index in [1.165, 1.54) is 14.2 Å². The molecule has 132 valence electrons. The Morgan fingerprint density at radius 1 is 1.14 bits per heavy atom. The van der Waals surface area contributed by atoms with Crippen molar-refractivity contribution in [3.8, 4) is 0 Å². The van der Waals surface area contributed by atoms with Crippen LogP contribution in [0, 0.1) is 0 Å². The standard InChI is InChI=1S/C14H29NO7/c1-4-19-9-20-8-10-12(17-2)11(16)13(14(18-3)22-10)21-7-5-6-15/h10-14,16H,4-9,15H2,1-3H3/t10?,11-,12+,13?,14-/m0/s1. The largest absolute Gasteiger partial charge is 0.387 e. The highest BCUT2D eigenvalue weighted by Crippen LogP contribution is 2.26. The van der Waals surface area contributed by atoms with E-state index in [1.54, 1.807) is 0 Å². The zero-order chi connectivity index (χ0) is 16.4. The van der Waals surface area contributed by atoms with Crippen molar-refractivity contribution in [1.82, 2.24) is 0 Å². The Balaban J connectivity index is 2.59. The third kappa shape index (κ3) is 5.71. The summed E-state index contributed by atoms with van der Waals surface area (Å²) in [5.74, 6) is 0.